The molecule has 1 N–H and O–H groups in total. The van der Waals surface area contributed by atoms with Crippen LogP contribution in [-0.2, 0) is 4.79 Å². The van der Waals surface area contributed by atoms with E-state index in [0.29, 0.717) is 17.1 Å². The smallest absolute Gasteiger partial charge is 0.217 e. The average molecular weight is 238 g/mol. The van der Waals surface area contributed by atoms with Gasteiger partial charge in [-0.3, -0.25) is 9.59 Å². The first-order valence-corrected chi connectivity index (χ1v) is 5.17. The van der Waals surface area contributed by atoms with Gasteiger partial charge in [0.05, 0.1) is 0 Å². The highest BCUT2D eigenvalue weighted by Crippen LogP contribution is 2.15. The van der Waals surface area contributed by atoms with Crippen LogP contribution in [0.1, 0.15) is 22.8 Å². The van der Waals surface area contributed by atoms with Gasteiger partial charge >= 0.3 is 0 Å². The Labute approximate surface area is 99.1 Å². The molecule has 0 saturated carbocycles. The molecule has 4 heteroatoms. The molecule has 0 saturated heterocycles. The largest absolute Gasteiger partial charge is 0.353 e. The topological polar surface area (TPSA) is 46.2 Å². The Morgan fingerprint density at radius 1 is 1.44 bits per heavy atom. The highest BCUT2D eigenvalue weighted by atomic mass is 35.5. The Kier molecular flexibility index (Phi) is 4.73. The Bertz CT molecular complexity index is 427. The molecule has 0 aliphatic rings. The summed E-state index contributed by atoms with van der Waals surface area (Å²) in [6.45, 7) is 1.89. The summed E-state index contributed by atoms with van der Waals surface area (Å²) < 4.78 is 0. The summed E-state index contributed by atoms with van der Waals surface area (Å²) in [5.41, 5.74) is 1.32. The van der Waals surface area contributed by atoms with E-state index in [9.17, 15) is 9.59 Å². The molecule has 1 rings (SSSR count). The van der Waals surface area contributed by atoms with Crippen molar-refractivity contribution in [3.8, 4) is 0 Å². The van der Waals surface area contributed by atoms with E-state index in [-0.39, 0.29) is 5.91 Å². The number of halogens is 1. The summed E-state index contributed by atoms with van der Waals surface area (Å²) in [7, 11) is 0. The third-order valence-corrected chi connectivity index (χ3v) is 2.18. The highest BCUT2D eigenvalue weighted by molar-refractivity contribution is 6.30. The molecule has 3 nitrogen and oxygen atoms in total. The van der Waals surface area contributed by atoms with E-state index in [1.807, 2.05) is 0 Å². The second-order valence-corrected chi connectivity index (χ2v) is 3.67. The quantitative estimate of drug-likeness (QED) is 0.817. The van der Waals surface area contributed by atoms with Crippen molar-refractivity contribution in [2.75, 3.05) is 6.54 Å². The summed E-state index contributed by atoms with van der Waals surface area (Å²) in [5, 5.41) is 3.15. The monoisotopic (exact) mass is 237 g/mol. The number of hydrogen-bond acceptors (Lipinski definition) is 2. The lowest BCUT2D eigenvalue weighted by Gasteiger charge is -2.00. The lowest BCUT2D eigenvalue weighted by molar-refractivity contribution is -0.118. The maximum Gasteiger partial charge on any atom is 0.217 e. The zero-order chi connectivity index (χ0) is 12.0. The van der Waals surface area contributed by atoms with Gasteiger partial charge in [-0.05, 0) is 17.7 Å². The van der Waals surface area contributed by atoms with Gasteiger partial charge in [-0.2, -0.15) is 0 Å². The first kappa shape index (κ1) is 12.5. The number of amides is 1. The molecule has 84 valence electrons. The van der Waals surface area contributed by atoms with Gasteiger partial charge in [0.1, 0.15) is 0 Å². The predicted octanol–water partition coefficient (Wildman–Crippen LogP) is 2.30. The molecule has 0 fully saturated rings. The van der Waals surface area contributed by atoms with E-state index >= 15 is 0 Å². The van der Waals surface area contributed by atoms with Crippen LogP contribution < -0.4 is 5.32 Å². The fourth-order valence-electron chi connectivity index (χ4n) is 1.19. The van der Waals surface area contributed by atoms with Crippen molar-refractivity contribution in [1.82, 2.24) is 5.32 Å². The van der Waals surface area contributed by atoms with E-state index in [4.69, 9.17) is 11.6 Å². The van der Waals surface area contributed by atoms with Crippen LogP contribution in [0.4, 0.5) is 0 Å². The SMILES string of the molecule is CC(=O)NCC=Cc1ccc(Cl)cc1C=O. The van der Waals surface area contributed by atoms with E-state index < -0.39 is 0 Å². The van der Waals surface area contributed by atoms with Gasteiger partial charge in [-0.1, -0.05) is 29.8 Å². The highest BCUT2D eigenvalue weighted by Gasteiger charge is 1.98. The lowest BCUT2D eigenvalue weighted by Crippen LogP contribution is -2.19. The molecule has 0 heterocycles. The molecule has 1 amide bonds. The normalized spacial score (nSPS) is 10.4. The van der Waals surface area contributed by atoms with Crippen molar-refractivity contribution in [2.24, 2.45) is 0 Å². The second-order valence-electron chi connectivity index (χ2n) is 3.23. The summed E-state index contributed by atoms with van der Waals surface area (Å²) in [6.07, 6.45) is 4.30. The molecule has 0 aliphatic heterocycles. The van der Waals surface area contributed by atoms with Gasteiger partial charge in [-0.25, -0.2) is 0 Å². The van der Waals surface area contributed by atoms with Gasteiger partial charge in [0.25, 0.3) is 0 Å². The number of hydrogen-bond donors (Lipinski definition) is 1. The molecule has 0 bridgehead atoms. The van der Waals surface area contributed by atoms with Crippen LogP contribution in [0.5, 0.6) is 0 Å². The minimum Gasteiger partial charge on any atom is -0.353 e. The number of benzene rings is 1. The molecule has 0 unspecified atom stereocenters. The third-order valence-electron chi connectivity index (χ3n) is 1.94. The summed E-state index contributed by atoms with van der Waals surface area (Å²) in [6, 6.07) is 5.08. The summed E-state index contributed by atoms with van der Waals surface area (Å²) in [4.78, 5) is 21.4. The Hall–Kier alpha value is -1.61. The minimum absolute atomic E-state index is 0.0867. The van der Waals surface area contributed by atoms with Crippen molar-refractivity contribution in [2.45, 2.75) is 6.92 Å². The molecular weight excluding hydrogens is 226 g/mol. The van der Waals surface area contributed by atoms with Crippen molar-refractivity contribution in [1.29, 1.82) is 0 Å². The number of nitrogens with one attached hydrogen (secondary N) is 1. The van der Waals surface area contributed by atoms with Gasteiger partial charge in [-0.15, -0.1) is 0 Å². The van der Waals surface area contributed by atoms with Crippen LogP contribution in [-0.4, -0.2) is 18.7 Å². The van der Waals surface area contributed by atoms with Crippen LogP contribution >= 0.6 is 11.6 Å². The maximum atomic E-state index is 10.8. The molecular formula is C12H12ClNO2. The molecule has 0 aliphatic carbocycles. The molecule has 0 atom stereocenters. The third kappa shape index (κ3) is 3.87. The Balaban J connectivity index is 2.72. The van der Waals surface area contributed by atoms with E-state index in [2.05, 4.69) is 5.32 Å². The van der Waals surface area contributed by atoms with E-state index in [1.165, 1.54) is 6.92 Å². The van der Waals surface area contributed by atoms with Crippen molar-refractivity contribution in [3.05, 3.63) is 40.4 Å². The zero-order valence-electron chi connectivity index (χ0n) is 8.87. The first-order chi connectivity index (χ1) is 7.63. The molecule has 0 radical (unpaired) electrons. The van der Waals surface area contributed by atoms with Crippen LogP contribution in [0.2, 0.25) is 5.02 Å². The number of aldehydes is 1. The minimum atomic E-state index is -0.0867. The first-order valence-electron chi connectivity index (χ1n) is 4.79. The van der Waals surface area contributed by atoms with E-state index in [0.717, 1.165) is 11.8 Å². The maximum absolute atomic E-state index is 10.8. The predicted molar refractivity (Wildman–Crippen MR) is 64.6 cm³/mol. The summed E-state index contributed by atoms with van der Waals surface area (Å²) >= 11 is 5.76. The van der Waals surface area contributed by atoms with E-state index in [1.54, 1.807) is 30.4 Å². The van der Waals surface area contributed by atoms with Crippen LogP contribution in [0.3, 0.4) is 0 Å². The molecule has 1 aromatic rings. The van der Waals surface area contributed by atoms with Gasteiger partial charge < -0.3 is 5.32 Å². The lowest BCUT2D eigenvalue weighted by atomic mass is 10.1. The average Bonchev–Trinajstić information content (AvgIpc) is 2.25. The van der Waals surface area contributed by atoms with Gasteiger partial charge in [0.2, 0.25) is 5.91 Å². The Morgan fingerprint density at radius 2 is 2.19 bits per heavy atom. The van der Waals surface area contributed by atoms with Crippen LogP contribution in [0, 0.1) is 0 Å². The molecule has 16 heavy (non-hydrogen) atoms. The van der Waals surface area contributed by atoms with Crippen LogP contribution in [0.25, 0.3) is 6.08 Å². The number of rotatable bonds is 4. The van der Waals surface area contributed by atoms with Gasteiger partial charge in [0, 0.05) is 24.1 Å². The van der Waals surface area contributed by atoms with Gasteiger partial charge in [0.15, 0.2) is 6.29 Å². The standard InChI is InChI=1S/C12H12ClNO2/c1-9(16)14-6-2-3-10-4-5-12(13)7-11(10)8-15/h2-5,7-8H,6H2,1H3,(H,14,16). The Morgan fingerprint density at radius 3 is 2.81 bits per heavy atom. The fraction of sp³-hybridized carbons (Fsp3) is 0.167. The molecule has 0 aromatic heterocycles. The molecule has 1 aromatic carbocycles. The zero-order valence-corrected chi connectivity index (χ0v) is 9.62. The van der Waals surface area contributed by atoms with Crippen molar-refractivity contribution in [3.63, 3.8) is 0 Å². The van der Waals surface area contributed by atoms with Crippen molar-refractivity contribution >= 4 is 29.9 Å². The van der Waals surface area contributed by atoms with Crippen molar-refractivity contribution < 1.29 is 9.59 Å². The molecule has 0 spiro atoms. The number of carbonyl (C=O) groups excluding carboxylic acids is 2. The fourth-order valence-corrected chi connectivity index (χ4v) is 1.37. The second kappa shape index (κ2) is 6.08. The van der Waals surface area contributed by atoms with Crippen LogP contribution in [0.15, 0.2) is 24.3 Å². The summed E-state index contributed by atoms with van der Waals surface area (Å²) in [5.74, 6) is -0.0867. The number of carbonyl (C=O) groups is 2.